The molecule has 0 bridgehead atoms. The van der Waals surface area contributed by atoms with Gasteiger partial charge in [-0.25, -0.2) is 4.79 Å². The lowest BCUT2D eigenvalue weighted by molar-refractivity contribution is -0.115. The van der Waals surface area contributed by atoms with Crippen LogP contribution in [0.1, 0.15) is 15.9 Å². The average Bonchev–Trinajstić information content (AvgIpc) is 2.47. The molecule has 0 aromatic heterocycles. The van der Waals surface area contributed by atoms with Gasteiger partial charge >= 0.3 is 5.97 Å². The van der Waals surface area contributed by atoms with Crippen molar-refractivity contribution in [2.24, 2.45) is 0 Å². The van der Waals surface area contributed by atoms with Crippen molar-refractivity contribution in [3.8, 4) is 0 Å². The molecular formula is C16H13ClINO3. The molecule has 6 heteroatoms. The van der Waals surface area contributed by atoms with E-state index in [4.69, 9.17) is 16.3 Å². The molecule has 0 spiro atoms. The van der Waals surface area contributed by atoms with Crippen LogP contribution < -0.4 is 5.32 Å². The minimum atomic E-state index is -0.518. The van der Waals surface area contributed by atoms with Crippen LogP contribution in [0.5, 0.6) is 0 Å². The Balaban J connectivity index is 2.25. The van der Waals surface area contributed by atoms with Crippen molar-refractivity contribution in [2.75, 3.05) is 12.4 Å². The largest absolute Gasteiger partial charge is 0.465 e. The highest BCUT2D eigenvalue weighted by Crippen LogP contribution is 2.27. The van der Waals surface area contributed by atoms with E-state index in [0.717, 1.165) is 5.56 Å². The summed E-state index contributed by atoms with van der Waals surface area (Å²) in [4.78, 5) is 24.0. The zero-order valence-electron chi connectivity index (χ0n) is 11.7. The van der Waals surface area contributed by atoms with E-state index in [1.165, 1.54) is 7.11 Å². The number of nitrogens with one attached hydrogen (secondary N) is 1. The lowest BCUT2D eigenvalue weighted by atomic mass is 10.1. The number of hydrogen-bond donors (Lipinski definition) is 1. The summed E-state index contributed by atoms with van der Waals surface area (Å²) in [5.74, 6) is -0.745. The van der Waals surface area contributed by atoms with E-state index in [0.29, 0.717) is 19.8 Å². The summed E-state index contributed by atoms with van der Waals surface area (Å²) in [7, 11) is 1.29. The molecule has 0 aliphatic rings. The minimum Gasteiger partial charge on any atom is -0.465 e. The van der Waals surface area contributed by atoms with Crippen LogP contribution in [0.15, 0.2) is 42.5 Å². The standard InChI is InChI=1S/C16H13ClINO3/c1-22-16(21)15-12(18)8-11(17)9-13(15)19-14(20)7-10-5-3-2-4-6-10/h2-6,8-9H,7H2,1H3,(H,19,20). The van der Waals surface area contributed by atoms with Crippen LogP contribution in [-0.2, 0) is 16.0 Å². The van der Waals surface area contributed by atoms with Gasteiger partial charge in [-0.15, -0.1) is 0 Å². The fourth-order valence-corrected chi connectivity index (χ4v) is 3.21. The van der Waals surface area contributed by atoms with Gasteiger partial charge in [0.1, 0.15) is 0 Å². The molecule has 2 rings (SSSR count). The molecule has 0 saturated heterocycles. The normalized spacial score (nSPS) is 10.1. The molecule has 0 aliphatic carbocycles. The number of anilines is 1. The predicted molar refractivity (Wildman–Crippen MR) is 94.3 cm³/mol. The third-order valence-electron chi connectivity index (χ3n) is 2.93. The maximum atomic E-state index is 12.2. The first-order valence-corrected chi connectivity index (χ1v) is 7.88. The van der Waals surface area contributed by atoms with E-state index in [-0.39, 0.29) is 12.3 Å². The van der Waals surface area contributed by atoms with Gasteiger partial charge in [-0.3, -0.25) is 4.79 Å². The van der Waals surface area contributed by atoms with Gasteiger partial charge in [-0.2, -0.15) is 0 Å². The number of esters is 1. The Hall–Kier alpha value is -1.60. The number of carbonyl (C=O) groups is 2. The van der Waals surface area contributed by atoms with Gasteiger partial charge in [0.25, 0.3) is 0 Å². The van der Waals surface area contributed by atoms with Gasteiger partial charge in [0.15, 0.2) is 0 Å². The molecule has 0 saturated carbocycles. The fraction of sp³-hybridized carbons (Fsp3) is 0.125. The first-order valence-electron chi connectivity index (χ1n) is 6.42. The Morgan fingerprint density at radius 3 is 2.55 bits per heavy atom. The molecule has 1 N–H and O–H groups in total. The van der Waals surface area contributed by atoms with Crippen molar-refractivity contribution in [3.05, 3.63) is 62.2 Å². The van der Waals surface area contributed by atoms with Crippen molar-refractivity contribution in [2.45, 2.75) is 6.42 Å². The topological polar surface area (TPSA) is 55.4 Å². The zero-order chi connectivity index (χ0) is 16.1. The number of benzene rings is 2. The van der Waals surface area contributed by atoms with E-state index in [9.17, 15) is 9.59 Å². The van der Waals surface area contributed by atoms with E-state index in [1.807, 2.05) is 52.9 Å². The summed E-state index contributed by atoms with van der Waals surface area (Å²) in [6, 6.07) is 12.5. The number of methoxy groups -OCH3 is 1. The highest BCUT2D eigenvalue weighted by Gasteiger charge is 2.18. The van der Waals surface area contributed by atoms with Crippen LogP contribution in [0.4, 0.5) is 5.69 Å². The predicted octanol–water partition coefficient (Wildman–Crippen LogP) is 3.91. The number of rotatable bonds is 4. The molecule has 0 atom stereocenters. The SMILES string of the molecule is COC(=O)c1c(I)cc(Cl)cc1NC(=O)Cc1ccccc1. The number of amides is 1. The Kier molecular flexibility index (Phi) is 5.79. The van der Waals surface area contributed by atoms with Crippen molar-refractivity contribution >= 4 is 51.8 Å². The molecule has 0 heterocycles. The summed E-state index contributed by atoms with van der Waals surface area (Å²) in [5, 5.41) is 3.16. The molecule has 4 nitrogen and oxygen atoms in total. The summed E-state index contributed by atoms with van der Waals surface area (Å²) in [6.07, 6.45) is 0.213. The van der Waals surface area contributed by atoms with Gasteiger partial charge in [-0.05, 0) is 40.3 Å². The van der Waals surface area contributed by atoms with Crippen LogP contribution in [0.2, 0.25) is 5.02 Å². The summed E-state index contributed by atoms with van der Waals surface area (Å²) >= 11 is 7.99. The van der Waals surface area contributed by atoms with Crippen LogP contribution in [0.3, 0.4) is 0 Å². The smallest absolute Gasteiger partial charge is 0.341 e. The first-order chi connectivity index (χ1) is 10.5. The van der Waals surface area contributed by atoms with E-state index < -0.39 is 5.97 Å². The van der Waals surface area contributed by atoms with Gasteiger partial charge in [-0.1, -0.05) is 41.9 Å². The Bertz CT molecular complexity index is 704. The lowest BCUT2D eigenvalue weighted by Gasteiger charge is -2.12. The first kappa shape index (κ1) is 16.8. The quantitative estimate of drug-likeness (QED) is 0.592. The maximum absolute atomic E-state index is 12.2. The minimum absolute atomic E-state index is 0.213. The van der Waals surface area contributed by atoms with Crippen LogP contribution in [0, 0.1) is 3.57 Å². The number of hydrogen-bond acceptors (Lipinski definition) is 3. The number of halogens is 2. The molecule has 1 amide bonds. The fourth-order valence-electron chi connectivity index (χ4n) is 1.96. The van der Waals surface area contributed by atoms with Gasteiger partial charge in [0.05, 0.1) is 24.8 Å². The van der Waals surface area contributed by atoms with Crippen molar-refractivity contribution in [1.29, 1.82) is 0 Å². The van der Waals surface area contributed by atoms with E-state index in [1.54, 1.807) is 12.1 Å². The molecule has 0 aliphatic heterocycles. The Morgan fingerprint density at radius 2 is 1.91 bits per heavy atom. The molecule has 2 aromatic rings. The number of ether oxygens (including phenoxy) is 1. The summed E-state index contributed by atoms with van der Waals surface area (Å²) < 4.78 is 5.38. The van der Waals surface area contributed by atoms with E-state index >= 15 is 0 Å². The highest BCUT2D eigenvalue weighted by atomic mass is 127. The second-order valence-electron chi connectivity index (χ2n) is 4.51. The lowest BCUT2D eigenvalue weighted by Crippen LogP contribution is -2.18. The second kappa shape index (κ2) is 7.60. The maximum Gasteiger partial charge on any atom is 0.341 e. The van der Waals surface area contributed by atoms with Crippen LogP contribution >= 0.6 is 34.2 Å². The van der Waals surface area contributed by atoms with Crippen LogP contribution in [-0.4, -0.2) is 19.0 Å². The third kappa shape index (κ3) is 4.20. The molecule has 114 valence electrons. The molecule has 0 radical (unpaired) electrons. The van der Waals surface area contributed by atoms with Crippen molar-refractivity contribution < 1.29 is 14.3 Å². The Labute approximate surface area is 146 Å². The average molecular weight is 430 g/mol. The number of carbonyl (C=O) groups excluding carboxylic acids is 2. The summed E-state index contributed by atoms with van der Waals surface area (Å²) in [6.45, 7) is 0. The molecule has 0 fully saturated rings. The highest BCUT2D eigenvalue weighted by molar-refractivity contribution is 14.1. The zero-order valence-corrected chi connectivity index (χ0v) is 14.6. The van der Waals surface area contributed by atoms with Gasteiger partial charge in [0.2, 0.25) is 5.91 Å². The third-order valence-corrected chi connectivity index (χ3v) is 4.00. The molecule has 2 aromatic carbocycles. The van der Waals surface area contributed by atoms with E-state index in [2.05, 4.69) is 5.32 Å². The molecular weight excluding hydrogens is 417 g/mol. The monoisotopic (exact) mass is 429 g/mol. The molecule has 22 heavy (non-hydrogen) atoms. The molecule has 0 unspecified atom stereocenters. The summed E-state index contributed by atoms with van der Waals surface area (Å²) in [5.41, 5.74) is 1.54. The van der Waals surface area contributed by atoms with Crippen molar-refractivity contribution in [3.63, 3.8) is 0 Å². The van der Waals surface area contributed by atoms with Crippen LogP contribution in [0.25, 0.3) is 0 Å². The van der Waals surface area contributed by atoms with Crippen molar-refractivity contribution in [1.82, 2.24) is 0 Å². The second-order valence-corrected chi connectivity index (χ2v) is 6.11. The van der Waals surface area contributed by atoms with Gasteiger partial charge < -0.3 is 10.1 Å². The Morgan fingerprint density at radius 1 is 1.23 bits per heavy atom. The van der Waals surface area contributed by atoms with Gasteiger partial charge in [0, 0.05) is 8.59 Å².